The second-order valence-corrected chi connectivity index (χ2v) is 5.00. The molecule has 0 aromatic rings. The smallest absolute Gasteiger partial charge is 0.0791 e. The Balaban J connectivity index is 2.16. The van der Waals surface area contributed by atoms with Crippen LogP contribution in [0.3, 0.4) is 0 Å². The summed E-state index contributed by atoms with van der Waals surface area (Å²) in [4.78, 5) is 2.41. The second kappa shape index (κ2) is 6.46. The molecule has 90 valence electrons. The topological polar surface area (TPSA) is 35.5 Å². The highest BCUT2D eigenvalue weighted by atomic mass is 16.3. The summed E-state index contributed by atoms with van der Waals surface area (Å²) >= 11 is 0. The molecule has 0 aliphatic carbocycles. The monoisotopic (exact) mass is 214 g/mol. The Morgan fingerprint density at radius 3 is 2.73 bits per heavy atom. The van der Waals surface area contributed by atoms with Crippen molar-refractivity contribution < 1.29 is 5.11 Å². The van der Waals surface area contributed by atoms with Crippen molar-refractivity contribution in [1.29, 1.82) is 0 Å². The SMILES string of the molecule is CCCNCC(O)CN1CC(C)CC1C. The maximum absolute atomic E-state index is 9.84. The highest BCUT2D eigenvalue weighted by Crippen LogP contribution is 2.21. The Bertz CT molecular complexity index is 175. The second-order valence-electron chi connectivity index (χ2n) is 5.00. The van der Waals surface area contributed by atoms with Crippen LogP contribution in [-0.2, 0) is 0 Å². The van der Waals surface area contributed by atoms with Crippen LogP contribution < -0.4 is 5.32 Å². The molecule has 1 aliphatic heterocycles. The summed E-state index contributed by atoms with van der Waals surface area (Å²) in [6.45, 7) is 10.4. The van der Waals surface area contributed by atoms with E-state index in [0.717, 1.165) is 38.5 Å². The van der Waals surface area contributed by atoms with Crippen LogP contribution in [0.4, 0.5) is 0 Å². The Morgan fingerprint density at radius 1 is 1.47 bits per heavy atom. The third kappa shape index (κ3) is 4.49. The maximum Gasteiger partial charge on any atom is 0.0791 e. The first-order valence-corrected chi connectivity index (χ1v) is 6.26. The summed E-state index contributed by atoms with van der Waals surface area (Å²) in [5.41, 5.74) is 0. The number of rotatable bonds is 6. The van der Waals surface area contributed by atoms with Crippen molar-refractivity contribution in [2.75, 3.05) is 26.2 Å². The fraction of sp³-hybridized carbons (Fsp3) is 1.00. The van der Waals surface area contributed by atoms with Crippen molar-refractivity contribution in [1.82, 2.24) is 10.2 Å². The van der Waals surface area contributed by atoms with Gasteiger partial charge in [-0.1, -0.05) is 13.8 Å². The van der Waals surface area contributed by atoms with Gasteiger partial charge in [0.1, 0.15) is 0 Å². The lowest BCUT2D eigenvalue weighted by atomic mass is 10.1. The van der Waals surface area contributed by atoms with E-state index in [1.807, 2.05) is 0 Å². The van der Waals surface area contributed by atoms with E-state index in [9.17, 15) is 5.11 Å². The number of nitrogens with zero attached hydrogens (tertiary/aromatic N) is 1. The first kappa shape index (κ1) is 12.9. The Morgan fingerprint density at radius 2 is 2.20 bits per heavy atom. The number of nitrogens with one attached hydrogen (secondary N) is 1. The molecule has 0 spiro atoms. The van der Waals surface area contributed by atoms with Crippen molar-refractivity contribution in [2.24, 2.45) is 5.92 Å². The molecule has 3 heteroatoms. The number of likely N-dealkylation sites (tertiary alicyclic amines) is 1. The van der Waals surface area contributed by atoms with Gasteiger partial charge in [0.05, 0.1) is 6.10 Å². The van der Waals surface area contributed by atoms with Crippen LogP contribution in [0.2, 0.25) is 0 Å². The first-order valence-electron chi connectivity index (χ1n) is 6.26. The number of hydrogen-bond donors (Lipinski definition) is 2. The summed E-state index contributed by atoms with van der Waals surface area (Å²) in [5.74, 6) is 0.788. The highest BCUT2D eigenvalue weighted by molar-refractivity contribution is 4.82. The van der Waals surface area contributed by atoms with Gasteiger partial charge in [-0.05, 0) is 32.2 Å². The largest absolute Gasteiger partial charge is 0.390 e. The van der Waals surface area contributed by atoms with Gasteiger partial charge < -0.3 is 10.4 Å². The zero-order valence-corrected chi connectivity index (χ0v) is 10.4. The Hall–Kier alpha value is -0.120. The molecule has 15 heavy (non-hydrogen) atoms. The zero-order chi connectivity index (χ0) is 11.3. The predicted molar refractivity (Wildman–Crippen MR) is 64.0 cm³/mol. The van der Waals surface area contributed by atoms with Gasteiger partial charge in [0.2, 0.25) is 0 Å². The van der Waals surface area contributed by atoms with Crippen LogP contribution in [-0.4, -0.2) is 48.3 Å². The molecule has 0 aromatic carbocycles. The van der Waals surface area contributed by atoms with Gasteiger partial charge in [0, 0.05) is 25.7 Å². The first-order chi connectivity index (χ1) is 7.13. The lowest BCUT2D eigenvalue weighted by molar-refractivity contribution is 0.107. The predicted octanol–water partition coefficient (Wildman–Crippen LogP) is 1.08. The van der Waals surface area contributed by atoms with Crippen LogP contribution in [0.5, 0.6) is 0 Å². The Kier molecular flexibility index (Phi) is 5.58. The normalized spacial score (nSPS) is 29.6. The summed E-state index contributed by atoms with van der Waals surface area (Å²) in [7, 11) is 0. The van der Waals surface area contributed by atoms with E-state index in [1.54, 1.807) is 0 Å². The summed E-state index contributed by atoms with van der Waals surface area (Å²) < 4.78 is 0. The molecule has 0 amide bonds. The van der Waals surface area contributed by atoms with Crippen molar-refractivity contribution in [3.05, 3.63) is 0 Å². The molecule has 1 fully saturated rings. The van der Waals surface area contributed by atoms with E-state index in [4.69, 9.17) is 0 Å². The Labute approximate surface area is 93.9 Å². The maximum atomic E-state index is 9.84. The van der Waals surface area contributed by atoms with Gasteiger partial charge in [0.25, 0.3) is 0 Å². The minimum Gasteiger partial charge on any atom is -0.390 e. The third-order valence-electron chi connectivity index (χ3n) is 3.17. The average Bonchev–Trinajstić information content (AvgIpc) is 2.45. The molecule has 3 atom stereocenters. The molecule has 0 aromatic heterocycles. The standard InChI is InChI=1S/C12H26N2O/c1-4-5-13-7-12(15)9-14-8-10(2)6-11(14)3/h10-13,15H,4-9H2,1-3H3. The summed E-state index contributed by atoms with van der Waals surface area (Å²) in [6, 6.07) is 0.640. The average molecular weight is 214 g/mol. The number of aliphatic hydroxyl groups is 1. The summed E-state index contributed by atoms with van der Waals surface area (Å²) in [5, 5.41) is 13.1. The van der Waals surface area contributed by atoms with E-state index < -0.39 is 0 Å². The summed E-state index contributed by atoms with van der Waals surface area (Å²) in [6.07, 6.45) is 2.18. The van der Waals surface area contributed by atoms with Crippen LogP contribution >= 0.6 is 0 Å². The van der Waals surface area contributed by atoms with Gasteiger partial charge in [-0.3, -0.25) is 4.90 Å². The van der Waals surface area contributed by atoms with Crippen LogP contribution in [0.25, 0.3) is 0 Å². The van der Waals surface area contributed by atoms with E-state index in [1.165, 1.54) is 6.42 Å². The molecule has 3 unspecified atom stereocenters. The molecule has 1 rings (SSSR count). The molecule has 1 heterocycles. The lowest BCUT2D eigenvalue weighted by Crippen LogP contribution is -2.40. The van der Waals surface area contributed by atoms with Crippen molar-refractivity contribution in [3.63, 3.8) is 0 Å². The van der Waals surface area contributed by atoms with E-state index in [2.05, 4.69) is 31.0 Å². The molecule has 0 saturated carbocycles. The van der Waals surface area contributed by atoms with Crippen molar-refractivity contribution in [3.8, 4) is 0 Å². The molecule has 1 saturated heterocycles. The van der Waals surface area contributed by atoms with E-state index >= 15 is 0 Å². The van der Waals surface area contributed by atoms with Gasteiger partial charge >= 0.3 is 0 Å². The molecule has 3 nitrogen and oxygen atoms in total. The quantitative estimate of drug-likeness (QED) is 0.649. The number of aliphatic hydroxyl groups excluding tert-OH is 1. The van der Waals surface area contributed by atoms with E-state index in [-0.39, 0.29) is 6.10 Å². The molecular formula is C12H26N2O. The van der Waals surface area contributed by atoms with Crippen LogP contribution in [0, 0.1) is 5.92 Å². The third-order valence-corrected chi connectivity index (χ3v) is 3.17. The number of hydrogen-bond acceptors (Lipinski definition) is 3. The van der Waals surface area contributed by atoms with Gasteiger partial charge in [-0.2, -0.15) is 0 Å². The molecule has 1 aliphatic rings. The van der Waals surface area contributed by atoms with Gasteiger partial charge in [-0.25, -0.2) is 0 Å². The molecule has 0 bridgehead atoms. The highest BCUT2D eigenvalue weighted by Gasteiger charge is 2.27. The fourth-order valence-corrected chi connectivity index (χ4v) is 2.42. The number of β-amino-alcohol motifs (C(OH)–C–C–N with tert-alkyl or cyclic N) is 1. The van der Waals surface area contributed by atoms with Crippen LogP contribution in [0.1, 0.15) is 33.6 Å². The van der Waals surface area contributed by atoms with Crippen molar-refractivity contribution in [2.45, 2.75) is 45.8 Å². The minimum atomic E-state index is -0.218. The fourth-order valence-electron chi connectivity index (χ4n) is 2.42. The molecular weight excluding hydrogens is 188 g/mol. The molecule has 2 N–H and O–H groups in total. The van der Waals surface area contributed by atoms with E-state index in [0.29, 0.717) is 6.04 Å². The minimum absolute atomic E-state index is 0.218. The van der Waals surface area contributed by atoms with Crippen LogP contribution in [0.15, 0.2) is 0 Å². The van der Waals surface area contributed by atoms with Crippen molar-refractivity contribution >= 4 is 0 Å². The zero-order valence-electron chi connectivity index (χ0n) is 10.4. The van der Waals surface area contributed by atoms with Gasteiger partial charge in [0.15, 0.2) is 0 Å². The van der Waals surface area contributed by atoms with Gasteiger partial charge in [-0.15, -0.1) is 0 Å². The lowest BCUT2D eigenvalue weighted by Gasteiger charge is -2.24. The molecule has 0 radical (unpaired) electrons.